The molecule has 1 heterocycles. The maximum absolute atomic E-state index is 12.6. The molecule has 0 bridgehead atoms. The van der Waals surface area contributed by atoms with Gasteiger partial charge in [-0.25, -0.2) is 0 Å². The SMILES string of the molecule is CC(C)C(CCO)NC(=O)C1(C(C)C)CCNC1. The molecule has 4 heteroatoms. The van der Waals surface area contributed by atoms with Gasteiger partial charge >= 0.3 is 0 Å². The van der Waals surface area contributed by atoms with E-state index in [2.05, 4.69) is 38.3 Å². The van der Waals surface area contributed by atoms with Crippen LogP contribution in [0.1, 0.15) is 40.5 Å². The van der Waals surface area contributed by atoms with Crippen LogP contribution < -0.4 is 10.6 Å². The fraction of sp³-hybridized carbons (Fsp3) is 0.929. The van der Waals surface area contributed by atoms with Gasteiger partial charge in [0.1, 0.15) is 0 Å². The fourth-order valence-corrected chi connectivity index (χ4v) is 2.68. The van der Waals surface area contributed by atoms with Gasteiger partial charge in [0.2, 0.25) is 5.91 Å². The lowest BCUT2D eigenvalue weighted by atomic mass is 9.75. The highest BCUT2D eigenvalue weighted by Gasteiger charge is 2.44. The lowest BCUT2D eigenvalue weighted by Crippen LogP contribution is -2.51. The fourth-order valence-electron chi connectivity index (χ4n) is 2.68. The molecule has 1 saturated heterocycles. The molecular formula is C14H28N2O2. The van der Waals surface area contributed by atoms with Crippen molar-refractivity contribution in [3.63, 3.8) is 0 Å². The summed E-state index contributed by atoms with van der Waals surface area (Å²) in [6.45, 7) is 10.2. The Morgan fingerprint density at radius 2 is 2.06 bits per heavy atom. The minimum Gasteiger partial charge on any atom is -0.396 e. The topological polar surface area (TPSA) is 61.4 Å². The van der Waals surface area contributed by atoms with Gasteiger partial charge in [-0.2, -0.15) is 0 Å². The first-order valence-electron chi connectivity index (χ1n) is 7.06. The molecule has 0 aromatic heterocycles. The molecule has 0 radical (unpaired) electrons. The summed E-state index contributed by atoms with van der Waals surface area (Å²) in [5.41, 5.74) is -0.275. The van der Waals surface area contributed by atoms with Crippen LogP contribution in [-0.4, -0.2) is 36.8 Å². The molecule has 2 unspecified atom stereocenters. The van der Waals surface area contributed by atoms with Crippen molar-refractivity contribution in [2.24, 2.45) is 17.3 Å². The number of aliphatic hydroxyl groups is 1. The van der Waals surface area contributed by atoms with Gasteiger partial charge in [0.25, 0.3) is 0 Å². The Morgan fingerprint density at radius 3 is 2.44 bits per heavy atom. The number of hydrogen-bond donors (Lipinski definition) is 3. The van der Waals surface area contributed by atoms with Gasteiger partial charge in [-0.15, -0.1) is 0 Å². The Balaban J connectivity index is 2.72. The molecule has 1 aliphatic rings. The minimum absolute atomic E-state index is 0.0683. The van der Waals surface area contributed by atoms with Crippen molar-refractivity contribution in [2.75, 3.05) is 19.7 Å². The van der Waals surface area contributed by atoms with Crippen molar-refractivity contribution in [3.8, 4) is 0 Å². The number of carbonyl (C=O) groups excluding carboxylic acids is 1. The van der Waals surface area contributed by atoms with Crippen molar-refractivity contribution < 1.29 is 9.90 Å². The highest BCUT2D eigenvalue weighted by molar-refractivity contribution is 5.83. The van der Waals surface area contributed by atoms with E-state index in [9.17, 15) is 4.79 Å². The minimum atomic E-state index is -0.275. The zero-order valence-electron chi connectivity index (χ0n) is 12.1. The van der Waals surface area contributed by atoms with Crippen molar-refractivity contribution in [3.05, 3.63) is 0 Å². The summed E-state index contributed by atoms with van der Waals surface area (Å²) >= 11 is 0. The van der Waals surface area contributed by atoms with Crippen LogP contribution in [0.15, 0.2) is 0 Å². The molecule has 0 spiro atoms. The number of rotatable bonds is 6. The summed E-state index contributed by atoms with van der Waals surface area (Å²) in [6.07, 6.45) is 1.53. The van der Waals surface area contributed by atoms with Crippen molar-refractivity contribution in [2.45, 2.75) is 46.6 Å². The van der Waals surface area contributed by atoms with Crippen LogP contribution >= 0.6 is 0 Å². The molecule has 1 fully saturated rings. The highest BCUT2D eigenvalue weighted by Crippen LogP contribution is 2.34. The van der Waals surface area contributed by atoms with E-state index in [1.165, 1.54) is 0 Å². The van der Waals surface area contributed by atoms with Crippen LogP contribution in [0, 0.1) is 17.3 Å². The molecule has 1 aliphatic heterocycles. The third-order valence-electron chi connectivity index (χ3n) is 4.31. The summed E-state index contributed by atoms with van der Waals surface area (Å²) in [4.78, 5) is 12.6. The van der Waals surface area contributed by atoms with Gasteiger partial charge in [0.15, 0.2) is 0 Å². The van der Waals surface area contributed by atoms with Crippen LogP contribution in [0.3, 0.4) is 0 Å². The predicted octanol–water partition coefficient (Wildman–Crippen LogP) is 1.15. The Hall–Kier alpha value is -0.610. The molecule has 3 N–H and O–H groups in total. The van der Waals surface area contributed by atoms with Crippen molar-refractivity contribution >= 4 is 5.91 Å². The van der Waals surface area contributed by atoms with E-state index < -0.39 is 0 Å². The lowest BCUT2D eigenvalue weighted by Gasteiger charge is -2.34. The molecule has 18 heavy (non-hydrogen) atoms. The van der Waals surface area contributed by atoms with E-state index in [1.807, 2.05) is 0 Å². The van der Waals surface area contributed by atoms with Gasteiger partial charge in [-0.1, -0.05) is 27.7 Å². The predicted molar refractivity (Wildman–Crippen MR) is 73.2 cm³/mol. The first-order valence-corrected chi connectivity index (χ1v) is 7.06. The van der Waals surface area contributed by atoms with Gasteiger partial charge < -0.3 is 15.7 Å². The van der Waals surface area contributed by atoms with Gasteiger partial charge in [-0.3, -0.25) is 4.79 Å². The smallest absolute Gasteiger partial charge is 0.228 e. The first kappa shape index (κ1) is 15.4. The van der Waals surface area contributed by atoms with Gasteiger partial charge in [0.05, 0.1) is 5.41 Å². The number of amides is 1. The second kappa shape index (κ2) is 6.53. The third kappa shape index (κ3) is 3.23. The second-order valence-electron chi connectivity index (χ2n) is 6.07. The largest absolute Gasteiger partial charge is 0.396 e. The highest BCUT2D eigenvalue weighted by atomic mass is 16.3. The molecular weight excluding hydrogens is 228 g/mol. The maximum atomic E-state index is 12.6. The van der Waals surface area contributed by atoms with Crippen LogP contribution in [0.4, 0.5) is 0 Å². The Kier molecular flexibility index (Phi) is 5.60. The number of aliphatic hydroxyl groups excluding tert-OH is 1. The standard InChI is InChI=1S/C14H28N2O2/c1-10(2)12(5-8-17)16-13(18)14(11(3)4)6-7-15-9-14/h10-12,15,17H,5-9H2,1-4H3,(H,16,18). The summed E-state index contributed by atoms with van der Waals surface area (Å²) in [7, 11) is 0. The summed E-state index contributed by atoms with van der Waals surface area (Å²) in [6, 6.07) is 0.0683. The average Bonchev–Trinajstić information content (AvgIpc) is 2.78. The second-order valence-corrected chi connectivity index (χ2v) is 6.07. The van der Waals surface area contributed by atoms with E-state index in [0.29, 0.717) is 18.3 Å². The van der Waals surface area contributed by atoms with Crippen LogP contribution in [-0.2, 0) is 4.79 Å². The monoisotopic (exact) mass is 256 g/mol. The zero-order chi connectivity index (χ0) is 13.8. The molecule has 0 aromatic carbocycles. The molecule has 4 nitrogen and oxygen atoms in total. The number of nitrogens with one attached hydrogen (secondary N) is 2. The van der Waals surface area contributed by atoms with E-state index in [0.717, 1.165) is 19.5 Å². The molecule has 1 amide bonds. The first-order chi connectivity index (χ1) is 8.44. The lowest BCUT2D eigenvalue weighted by molar-refractivity contribution is -0.133. The Labute approximate surface area is 111 Å². The molecule has 0 aromatic rings. The summed E-state index contributed by atoms with van der Waals surface area (Å²) in [5.74, 6) is 0.823. The Morgan fingerprint density at radius 1 is 1.39 bits per heavy atom. The summed E-state index contributed by atoms with van der Waals surface area (Å²) in [5, 5.41) is 15.5. The number of hydrogen-bond acceptors (Lipinski definition) is 3. The molecule has 0 saturated carbocycles. The zero-order valence-corrected chi connectivity index (χ0v) is 12.1. The van der Waals surface area contributed by atoms with Crippen molar-refractivity contribution in [1.82, 2.24) is 10.6 Å². The number of carbonyl (C=O) groups is 1. The Bertz CT molecular complexity index is 271. The molecule has 1 rings (SSSR count). The van der Waals surface area contributed by atoms with E-state index >= 15 is 0 Å². The van der Waals surface area contributed by atoms with Crippen LogP contribution in [0.2, 0.25) is 0 Å². The van der Waals surface area contributed by atoms with Crippen molar-refractivity contribution in [1.29, 1.82) is 0 Å². The van der Waals surface area contributed by atoms with E-state index in [-0.39, 0.29) is 24.0 Å². The van der Waals surface area contributed by atoms with Crippen LogP contribution in [0.5, 0.6) is 0 Å². The molecule has 106 valence electrons. The third-order valence-corrected chi connectivity index (χ3v) is 4.31. The molecule has 0 aliphatic carbocycles. The average molecular weight is 256 g/mol. The van der Waals surface area contributed by atoms with Crippen LogP contribution in [0.25, 0.3) is 0 Å². The normalized spacial score (nSPS) is 25.7. The van der Waals surface area contributed by atoms with E-state index in [4.69, 9.17) is 5.11 Å². The molecule has 2 atom stereocenters. The summed E-state index contributed by atoms with van der Waals surface area (Å²) < 4.78 is 0. The maximum Gasteiger partial charge on any atom is 0.228 e. The van der Waals surface area contributed by atoms with Gasteiger partial charge in [0, 0.05) is 19.2 Å². The van der Waals surface area contributed by atoms with Gasteiger partial charge in [-0.05, 0) is 31.2 Å². The quantitative estimate of drug-likeness (QED) is 0.668. The van der Waals surface area contributed by atoms with E-state index in [1.54, 1.807) is 0 Å².